The van der Waals surface area contributed by atoms with Gasteiger partial charge < -0.3 is 9.84 Å². The van der Waals surface area contributed by atoms with Gasteiger partial charge in [0.15, 0.2) is 0 Å². The number of aliphatic hydroxyl groups excluding tert-OH is 1. The molecule has 0 aromatic heterocycles. The van der Waals surface area contributed by atoms with Gasteiger partial charge in [0.05, 0.1) is 30.3 Å². The van der Waals surface area contributed by atoms with E-state index in [1.54, 1.807) is 30.3 Å². The molecule has 2 rings (SSSR count). The van der Waals surface area contributed by atoms with Crippen molar-refractivity contribution >= 4 is 10.0 Å². The molecule has 5 nitrogen and oxygen atoms in total. The highest BCUT2D eigenvalue weighted by molar-refractivity contribution is 7.89. The number of benzene rings is 1. The van der Waals surface area contributed by atoms with E-state index in [2.05, 4.69) is 6.58 Å². The second-order valence-corrected chi connectivity index (χ2v) is 6.72. The van der Waals surface area contributed by atoms with Gasteiger partial charge in [-0.2, -0.15) is 4.31 Å². The first-order valence-electron chi connectivity index (χ1n) is 6.42. The van der Waals surface area contributed by atoms with E-state index >= 15 is 0 Å². The summed E-state index contributed by atoms with van der Waals surface area (Å²) >= 11 is 0. The molecule has 20 heavy (non-hydrogen) atoms. The summed E-state index contributed by atoms with van der Waals surface area (Å²) in [6.07, 6.45) is 1.23. The lowest BCUT2D eigenvalue weighted by Crippen LogP contribution is -2.53. The lowest BCUT2D eigenvalue weighted by Gasteiger charge is -2.36. The fourth-order valence-electron chi connectivity index (χ4n) is 2.12. The van der Waals surface area contributed by atoms with E-state index in [4.69, 9.17) is 4.74 Å². The van der Waals surface area contributed by atoms with Crippen LogP contribution in [0.5, 0.6) is 0 Å². The Balaban J connectivity index is 2.34. The SMILES string of the molecule is C=C[C@@H]1CN(S(=O)(=O)c2ccc(C)cc2)[C@H](CO)CO1. The van der Waals surface area contributed by atoms with Crippen LogP contribution in [0, 0.1) is 6.92 Å². The van der Waals surface area contributed by atoms with Crippen molar-refractivity contribution in [3.8, 4) is 0 Å². The number of rotatable bonds is 4. The Hall–Kier alpha value is -1.21. The molecular weight excluding hydrogens is 278 g/mol. The number of sulfonamides is 1. The lowest BCUT2D eigenvalue weighted by molar-refractivity contribution is -0.0235. The van der Waals surface area contributed by atoms with Crippen molar-refractivity contribution in [1.82, 2.24) is 4.31 Å². The monoisotopic (exact) mass is 297 g/mol. The van der Waals surface area contributed by atoms with Crippen LogP contribution in [-0.4, -0.2) is 49.7 Å². The van der Waals surface area contributed by atoms with Gasteiger partial charge in [-0.1, -0.05) is 23.8 Å². The van der Waals surface area contributed by atoms with Crippen LogP contribution in [0.2, 0.25) is 0 Å². The molecule has 1 fully saturated rings. The summed E-state index contributed by atoms with van der Waals surface area (Å²) in [4.78, 5) is 0.228. The van der Waals surface area contributed by atoms with Crippen LogP contribution in [0.15, 0.2) is 41.8 Å². The minimum Gasteiger partial charge on any atom is -0.395 e. The van der Waals surface area contributed by atoms with Crippen LogP contribution in [0.25, 0.3) is 0 Å². The Labute approximate surface area is 119 Å². The Morgan fingerprint density at radius 1 is 1.45 bits per heavy atom. The quantitative estimate of drug-likeness (QED) is 0.840. The lowest BCUT2D eigenvalue weighted by atomic mass is 10.2. The Kier molecular flexibility index (Phi) is 4.59. The molecule has 0 unspecified atom stereocenters. The number of morpholine rings is 1. The summed E-state index contributed by atoms with van der Waals surface area (Å²) in [6, 6.07) is 6.12. The molecule has 1 aromatic carbocycles. The molecule has 1 saturated heterocycles. The summed E-state index contributed by atoms with van der Waals surface area (Å²) in [6.45, 7) is 5.59. The topological polar surface area (TPSA) is 66.8 Å². The van der Waals surface area contributed by atoms with E-state index in [0.29, 0.717) is 0 Å². The molecule has 1 aliphatic rings. The van der Waals surface area contributed by atoms with Crippen molar-refractivity contribution in [1.29, 1.82) is 0 Å². The molecule has 0 saturated carbocycles. The van der Waals surface area contributed by atoms with Gasteiger partial charge in [0, 0.05) is 6.54 Å². The summed E-state index contributed by atoms with van der Waals surface area (Å²) in [5.74, 6) is 0. The number of hydrogen-bond donors (Lipinski definition) is 1. The zero-order valence-electron chi connectivity index (χ0n) is 11.4. The molecule has 2 atom stereocenters. The van der Waals surface area contributed by atoms with E-state index in [-0.39, 0.29) is 30.8 Å². The standard InChI is InChI=1S/C14H19NO4S/c1-3-13-8-15(12(9-16)10-19-13)20(17,18)14-6-4-11(2)5-7-14/h3-7,12-13,16H,1,8-10H2,2H3/t12-,13-/m1/s1. The van der Waals surface area contributed by atoms with Crippen molar-refractivity contribution in [3.63, 3.8) is 0 Å². The largest absolute Gasteiger partial charge is 0.395 e. The zero-order chi connectivity index (χ0) is 14.8. The van der Waals surface area contributed by atoms with Gasteiger partial charge in [0.2, 0.25) is 10.0 Å². The van der Waals surface area contributed by atoms with Crippen molar-refractivity contribution in [2.45, 2.75) is 24.0 Å². The van der Waals surface area contributed by atoms with Crippen LogP contribution >= 0.6 is 0 Å². The van der Waals surface area contributed by atoms with Gasteiger partial charge in [0.1, 0.15) is 0 Å². The number of aryl methyl sites for hydroxylation is 1. The van der Waals surface area contributed by atoms with Gasteiger partial charge in [0.25, 0.3) is 0 Å². The second kappa shape index (κ2) is 6.05. The maximum absolute atomic E-state index is 12.7. The average molecular weight is 297 g/mol. The Bertz CT molecular complexity index is 567. The molecule has 0 radical (unpaired) electrons. The van der Waals surface area contributed by atoms with Gasteiger partial charge in [-0.15, -0.1) is 6.58 Å². The zero-order valence-corrected chi connectivity index (χ0v) is 12.2. The van der Waals surface area contributed by atoms with E-state index in [0.717, 1.165) is 5.56 Å². The van der Waals surface area contributed by atoms with Crippen LogP contribution in [-0.2, 0) is 14.8 Å². The summed E-state index contributed by atoms with van der Waals surface area (Å²) in [5.41, 5.74) is 0.994. The predicted molar refractivity (Wildman–Crippen MR) is 75.9 cm³/mol. The molecule has 0 aliphatic carbocycles. The second-order valence-electron chi connectivity index (χ2n) is 4.83. The van der Waals surface area contributed by atoms with Gasteiger partial charge in [-0.3, -0.25) is 0 Å². The van der Waals surface area contributed by atoms with Crippen LogP contribution in [0.1, 0.15) is 5.56 Å². The van der Waals surface area contributed by atoms with E-state index < -0.39 is 16.1 Å². The molecule has 1 N–H and O–H groups in total. The van der Waals surface area contributed by atoms with E-state index in [1.807, 2.05) is 6.92 Å². The highest BCUT2D eigenvalue weighted by atomic mass is 32.2. The number of ether oxygens (including phenoxy) is 1. The maximum Gasteiger partial charge on any atom is 0.243 e. The number of nitrogens with zero attached hydrogens (tertiary/aromatic N) is 1. The van der Waals surface area contributed by atoms with Crippen molar-refractivity contribution in [2.75, 3.05) is 19.8 Å². The molecule has 1 aliphatic heterocycles. The van der Waals surface area contributed by atoms with Crippen LogP contribution < -0.4 is 0 Å². The van der Waals surface area contributed by atoms with E-state index in [9.17, 15) is 13.5 Å². The van der Waals surface area contributed by atoms with Crippen LogP contribution in [0.3, 0.4) is 0 Å². The third-order valence-corrected chi connectivity index (χ3v) is 5.30. The Morgan fingerprint density at radius 2 is 2.10 bits per heavy atom. The predicted octanol–water partition coefficient (Wildman–Crippen LogP) is 0.931. The summed E-state index contributed by atoms with van der Waals surface area (Å²) in [7, 11) is -3.64. The van der Waals surface area contributed by atoms with Crippen LogP contribution in [0.4, 0.5) is 0 Å². The molecule has 1 heterocycles. The van der Waals surface area contributed by atoms with E-state index in [1.165, 1.54) is 4.31 Å². The minimum atomic E-state index is -3.64. The highest BCUT2D eigenvalue weighted by Gasteiger charge is 2.36. The Morgan fingerprint density at radius 3 is 2.65 bits per heavy atom. The molecular formula is C14H19NO4S. The summed E-state index contributed by atoms with van der Waals surface area (Å²) < 4.78 is 32.0. The molecule has 110 valence electrons. The average Bonchev–Trinajstić information content (AvgIpc) is 2.47. The third kappa shape index (κ3) is 2.93. The number of aliphatic hydroxyl groups is 1. The van der Waals surface area contributed by atoms with Gasteiger partial charge in [-0.05, 0) is 19.1 Å². The normalized spacial score (nSPS) is 24.5. The molecule has 6 heteroatoms. The smallest absolute Gasteiger partial charge is 0.243 e. The highest BCUT2D eigenvalue weighted by Crippen LogP contribution is 2.23. The van der Waals surface area contributed by atoms with Crippen molar-refractivity contribution in [2.24, 2.45) is 0 Å². The fourth-order valence-corrected chi connectivity index (χ4v) is 3.74. The first kappa shape index (κ1) is 15.2. The molecule has 0 bridgehead atoms. The van der Waals surface area contributed by atoms with Gasteiger partial charge in [-0.25, -0.2) is 8.42 Å². The molecule has 0 amide bonds. The minimum absolute atomic E-state index is 0.165. The van der Waals surface area contributed by atoms with Crippen molar-refractivity contribution in [3.05, 3.63) is 42.5 Å². The van der Waals surface area contributed by atoms with Crippen molar-refractivity contribution < 1.29 is 18.3 Å². The number of hydrogen-bond acceptors (Lipinski definition) is 4. The first-order valence-corrected chi connectivity index (χ1v) is 7.86. The van der Waals surface area contributed by atoms with Gasteiger partial charge >= 0.3 is 0 Å². The third-order valence-electron chi connectivity index (χ3n) is 3.37. The fraction of sp³-hybridized carbons (Fsp3) is 0.429. The molecule has 1 aromatic rings. The summed E-state index contributed by atoms with van der Waals surface area (Å²) in [5, 5.41) is 9.36. The first-order chi connectivity index (χ1) is 9.48. The molecule has 0 spiro atoms. The maximum atomic E-state index is 12.7.